The van der Waals surface area contributed by atoms with Gasteiger partial charge in [0.1, 0.15) is 18.2 Å². The van der Waals surface area contributed by atoms with E-state index in [1.807, 2.05) is 34.9 Å². The Hall–Kier alpha value is -2.04. The first kappa shape index (κ1) is 22.3. The fraction of sp³-hybridized carbons (Fsp3) is 0.526. The van der Waals surface area contributed by atoms with Gasteiger partial charge in [0.15, 0.2) is 5.96 Å². The number of nitrogens with one attached hydrogen (secondary N) is 2. The fourth-order valence-electron chi connectivity index (χ4n) is 3.11. The van der Waals surface area contributed by atoms with Gasteiger partial charge in [0.05, 0.1) is 6.54 Å². The maximum Gasteiger partial charge on any atom is 0.345 e. The van der Waals surface area contributed by atoms with Crippen molar-refractivity contribution in [3.05, 3.63) is 46.6 Å². The smallest absolute Gasteiger partial charge is 0.345 e. The number of hydrogen-bond acceptors (Lipinski definition) is 4. The van der Waals surface area contributed by atoms with Gasteiger partial charge in [-0.25, -0.2) is 9.48 Å². The first-order valence-corrected chi connectivity index (χ1v) is 9.57. The molecule has 2 N–H and O–H groups in total. The van der Waals surface area contributed by atoms with E-state index in [2.05, 4.69) is 20.7 Å². The van der Waals surface area contributed by atoms with Gasteiger partial charge < -0.3 is 15.4 Å². The summed E-state index contributed by atoms with van der Waals surface area (Å²) in [6, 6.07) is 9.73. The number of fused-ring (bicyclic) bond motifs is 1. The molecule has 1 aromatic carbocycles. The molecular weight excluding hydrogens is 471 g/mol. The monoisotopic (exact) mass is 500 g/mol. The van der Waals surface area contributed by atoms with Crippen molar-refractivity contribution in [3.63, 3.8) is 0 Å². The maximum absolute atomic E-state index is 12.3. The van der Waals surface area contributed by atoms with E-state index in [0.29, 0.717) is 26.2 Å². The quantitative estimate of drug-likeness (QED) is 0.249. The zero-order valence-electron chi connectivity index (χ0n) is 16.3. The number of halogens is 1. The van der Waals surface area contributed by atoms with Gasteiger partial charge in [0.25, 0.3) is 0 Å². The molecule has 0 radical (unpaired) electrons. The minimum absolute atomic E-state index is 0. The lowest BCUT2D eigenvalue weighted by Crippen LogP contribution is -2.40. The normalized spacial score (nSPS) is 13.4. The molecule has 0 atom stereocenters. The van der Waals surface area contributed by atoms with Crippen molar-refractivity contribution in [2.75, 3.05) is 26.7 Å². The lowest BCUT2D eigenvalue weighted by molar-refractivity contribution is 0.322. The van der Waals surface area contributed by atoms with Gasteiger partial charge in [0, 0.05) is 33.1 Å². The van der Waals surface area contributed by atoms with Crippen molar-refractivity contribution in [3.8, 4) is 5.75 Å². The predicted octanol–water partition coefficient (Wildman–Crippen LogP) is 1.63. The van der Waals surface area contributed by atoms with Gasteiger partial charge in [-0.2, -0.15) is 5.10 Å². The summed E-state index contributed by atoms with van der Waals surface area (Å²) in [6.07, 6.45) is 3.89. The standard InChI is InChI=1S/C19H28N6O2.HI/c1-20-18(22-12-15-27-16-8-3-2-4-9-16)21-11-7-14-25-19(26)24-13-6-5-10-17(24)23-25;/h2-4,8-9H,5-7,10-15H2,1H3,(H2,20,21,22);1H. The molecule has 3 rings (SSSR count). The molecule has 1 aliphatic rings. The number of rotatable bonds is 8. The zero-order chi connectivity index (χ0) is 18.9. The summed E-state index contributed by atoms with van der Waals surface area (Å²) in [5.41, 5.74) is 0.0188. The highest BCUT2D eigenvalue weighted by Gasteiger charge is 2.16. The average Bonchev–Trinajstić information content (AvgIpc) is 3.03. The van der Waals surface area contributed by atoms with Gasteiger partial charge in [-0.3, -0.25) is 9.56 Å². The third-order valence-corrected chi connectivity index (χ3v) is 4.50. The molecule has 9 heteroatoms. The first-order valence-electron chi connectivity index (χ1n) is 9.57. The van der Waals surface area contributed by atoms with E-state index in [4.69, 9.17) is 4.74 Å². The second-order valence-electron chi connectivity index (χ2n) is 6.47. The Bertz CT molecular complexity index is 803. The second-order valence-corrected chi connectivity index (χ2v) is 6.47. The summed E-state index contributed by atoms with van der Waals surface area (Å²) in [6.45, 7) is 3.34. The number of guanidine groups is 1. The topological polar surface area (TPSA) is 85.5 Å². The molecule has 2 aromatic rings. The van der Waals surface area contributed by atoms with Gasteiger partial charge in [-0.1, -0.05) is 18.2 Å². The molecule has 0 saturated carbocycles. The predicted molar refractivity (Wildman–Crippen MR) is 121 cm³/mol. The fourth-order valence-corrected chi connectivity index (χ4v) is 3.11. The van der Waals surface area contributed by atoms with Crippen LogP contribution < -0.4 is 21.1 Å². The van der Waals surface area contributed by atoms with Crippen LogP contribution in [-0.4, -0.2) is 47.1 Å². The molecule has 0 aliphatic carbocycles. The number of aliphatic imine (C=N–C) groups is 1. The van der Waals surface area contributed by atoms with E-state index in [1.54, 1.807) is 11.7 Å². The van der Waals surface area contributed by atoms with Crippen LogP contribution >= 0.6 is 24.0 Å². The van der Waals surface area contributed by atoms with Gasteiger partial charge in [-0.05, 0) is 31.4 Å². The SMILES string of the molecule is CN=C(NCCCn1nc2n(c1=O)CCCC2)NCCOc1ccccc1.I. The lowest BCUT2D eigenvalue weighted by atomic mass is 10.2. The molecule has 0 fully saturated rings. The molecule has 0 unspecified atom stereocenters. The van der Waals surface area contributed by atoms with Crippen molar-refractivity contribution in [1.29, 1.82) is 0 Å². The highest BCUT2D eigenvalue weighted by atomic mass is 127. The Kier molecular flexibility index (Phi) is 9.32. The molecule has 0 saturated heterocycles. The van der Waals surface area contributed by atoms with E-state index in [-0.39, 0.29) is 29.7 Å². The zero-order valence-corrected chi connectivity index (χ0v) is 18.6. The van der Waals surface area contributed by atoms with E-state index in [0.717, 1.165) is 49.8 Å². The highest BCUT2D eigenvalue weighted by Crippen LogP contribution is 2.09. The van der Waals surface area contributed by atoms with Crippen LogP contribution in [0.4, 0.5) is 0 Å². The lowest BCUT2D eigenvalue weighted by Gasteiger charge is -2.12. The van der Waals surface area contributed by atoms with Crippen LogP contribution in [-0.2, 0) is 19.5 Å². The molecule has 0 amide bonds. The van der Waals surface area contributed by atoms with Crippen LogP contribution in [0.15, 0.2) is 40.1 Å². The Labute approximate surface area is 182 Å². The largest absolute Gasteiger partial charge is 0.492 e. The molecule has 28 heavy (non-hydrogen) atoms. The van der Waals surface area contributed by atoms with Crippen molar-refractivity contribution in [2.24, 2.45) is 4.99 Å². The van der Waals surface area contributed by atoms with E-state index < -0.39 is 0 Å². The number of hydrogen-bond donors (Lipinski definition) is 2. The minimum Gasteiger partial charge on any atom is -0.492 e. The summed E-state index contributed by atoms with van der Waals surface area (Å²) in [5.74, 6) is 2.51. The number of aryl methyl sites for hydroxylation is 2. The van der Waals surface area contributed by atoms with Crippen LogP contribution in [0.5, 0.6) is 5.75 Å². The number of ether oxygens (including phenoxy) is 1. The van der Waals surface area contributed by atoms with Gasteiger partial charge in [0.2, 0.25) is 0 Å². The molecule has 2 heterocycles. The Morgan fingerprint density at radius 3 is 2.75 bits per heavy atom. The molecule has 8 nitrogen and oxygen atoms in total. The molecule has 0 spiro atoms. The minimum atomic E-state index is 0. The van der Waals surface area contributed by atoms with Gasteiger partial charge >= 0.3 is 5.69 Å². The van der Waals surface area contributed by atoms with Crippen LogP contribution in [0.2, 0.25) is 0 Å². The van der Waals surface area contributed by atoms with E-state index >= 15 is 0 Å². The van der Waals surface area contributed by atoms with Crippen molar-refractivity contribution < 1.29 is 4.74 Å². The Morgan fingerprint density at radius 1 is 1.21 bits per heavy atom. The van der Waals surface area contributed by atoms with Crippen LogP contribution in [0, 0.1) is 0 Å². The maximum atomic E-state index is 12.3. The van der Waals surface area contributed by atoms with Gasteiger partial charge in [-0.15, -0.1) is 24.0 Å². The average molecular weight is 500 g/mol. The Morgan fingerprint density at radius 2 is 2.00 bits per heavy atom. The molecule has 0 bridgehead atoms. The summed E-state index contributed by atoms with van der Waals surface area (Å²) in [5, 5.41) is 10.9. The third kappa shape index (κ3) is 6.25. The van der Waals surface area contributed by atoms with Crippen LogP contribution in [0.1, 0.15) is 25.1 Å². The molecule has 154 valence electrons. The molecule has 1 aromatic heterocycles. The van der Waals surface area contributed by atoms with E-state index in [1.165, 1.54) is 0 Å². The molecule has 1 aliphatic heterocycles. The van der Waals surface area contributed by atoms with Crippen LogP contribution in [0.3, 0.4) is 0 Å². The van der Waals surface area contributed by atoms with Crippen molar-refractivity contribution in [1.82, 2.24) is 25.0 Å². The summed E-state index contributed by atoms with van der Waals surface area (Å²) < 4.78 is 9.04. The number of benzene rings is 1. The van der Waals surface area contributed by atoms with Crippen molar-refractivity contribution in [2.45, 2.75) is 38.8 Å². The summed E-state index contributed by atoms with van der Waals surface area (Å²) >= 11 is 0. The Balaban J connectivity index is 0.00000280. The summed E-state index contributed by atoms with van der Waals surface area (Å²) in [7, 11) is 1.74. The highest BCUT2D eigenvalue weighted by molar-refractivity contribution is 14.0. The van der Waals surface area contributed by atoms with Crippen LogP contribution in [0.25, 0.3) is 0 Å². The van der Waals surface area contributed by atoms with Crippen molar-refractivity contribution >= 4 is 29.9 Å². The molecular formula is C19H29IN6O2. The number of para-hydroxylation sites is 1. The number of aromatic nitrogens is 3. The number of nitrogens with zero attached hydrogens (tertiary/aromatic N) is 4. The summed E-state index contributed by atoms with van der Waals surface area (Å²) in [4.78, 5) is 16.5. The van der Waals surface area contributed by atoms with E-state index in [9.17, 15) is 4.79 Å². The third-order valence-electron chi connectivity index (χ3n) is 4.50. The second kappa shape index (κ2) is 11.7. The first-order chi connectivity index (χ1) is 13.3.